The number of hydrogen-bond acceptors (Lipinski definition) is 5. The lowest BCUT2D eigenvalue weighted by molar-refractivity contribution is 0.00864. The quantitative estimate of drug-likeness (QED) is 0.392. The normalized spacial score (nSPS) is 13.2. The lowest BCUT2D eigenvalue weighted by atomic mass is 10.2. The zero-order valence-corrected chi connectivity index (χ0v) is 11.3. The standard InChI is InChI=1S/C12H27NO4/c1-11(2)10-17-9-8-16-7-6-15-5-4-13-12(3)14/h11-14H,4-10H2,1-3H3. The molecule has 0 fully saturated rings. The minimum atomic E-state index is -0.479. The van der Waals surface area contributed by atoms with E-state index in [-0.39, 0.29) is 0 Å². The molecule has 0 radical (unpaired) electrons. The topological polar surface area (TPSA) is 60.0 Å². The first-order chi connectivity index (χ1) is 8.13. The molecule has 0 aromatic rings. The Hall–Kier alpha value is -0.200. The van der Waals surface area contributed by atoms with Gasteiger partial charge in [-0.2, -0.15) is 0 Å². The number of hydrogen-bond donors (Lipinski definition) is 2. The van der Waals surface area contributed by atoms with Crippen LogP contribution in [0.15, 0.2) is 0 Å². The fraction of sp³-hybridized carbons (Fsp3) is 1.00. The SMILES string of the molecule is CC(C)COCCOCCOCCNC(C)O. The lowest BCUT2D eigenvalue weighted by Crippen LogP contribution is -2.29. The summed E-state index contributed by atoms with van der Waals surface area (Å²) in [6, 6.07) is 0. The van der Waals surface area contributed by atoms with Crippen LogP contribution in [-0.4, -0.2) is 57.5 Å². The van der Waals surface area contributed by atoms with E-state index in [0.717, 1.165) is 6.61 Å². The molecular formula is C12H27NO4. The van der Waals surface area contributed by atoms with E-state index in [1.165, 1.54) is 0 Å². The van der Waals surface area contributed by atoms with Gasteiger partial charge in [-0.05, 0) is 12.8 Å². The summed E-state index contributed by atoms with van der Waals surface area (Å²) >= 11 is 0. The highest BCUT2D eigenvalue weighted by atomic mass is 16.5. The van der Waals surface area contributed by atoms with Gasteiger partial charge >= 0.3 is 0 Å². The molecule has 0 aliphatic heterocycles. The summed E-state index contributed by atoms with van der Waals surface area (Å²) < 4.78 is 16.0. The summed E-state index contributed by atoms with van der Waals surface area (Å²) in [5.74, 6) is 0.569. The average Bonchev–Trinajstić information content (AvgIpc) is 2.25. The van der Waals surface area contributed by atoms with Crippen LogP contribution in [0, 0.1) is 5.92 Å². The van der Waals surface area contributed by atoms with Crippen LogP contribution in [0.2, 0.25) is 0 Å². The van der Waals surface area contributed by atoms with Gasteiger partial charge in [0.1, 0.15) is 6.23 Å². The molecule has 5 heteroatoms. The second kappa shape index (κ2) is 12.3. The first kappa shape index (κ1) is 16.8. The van der Waals surface area contributed by atoms with Crippen molar-refractivity contribution in [2.75, 3.05) is 46.2 Å². The van der Waals surface area contributed by atoms with Crippen LogP contribution in [0.25, 0.3) is 0 Å². The van der Waals surface area contributed by atoms with E-state index >= 15 is 0 Å². The van der Waals surface area contributed by atoms with Gasteiger partial charge in [-0.25, -0.2) is 0 Å². The predicted octanol–water partition coefficient (Wildman–Crippen LogP) is 0.620. The number of rotatable bonds is 12. The Labute approximate surface area is 104 Å². The number of aliphatic hydroxyl groups excluding tert-OH is 1. The Balaban J connectivity index is 2.94. The second-order valence-electron chi connectivity index (χ2n) is 4.32. The number of aliphatic hydroxyl groups is 1. The van der Waals surface area contributed by atoms with E-state index in [4.69, 9.17) is 19.3 Å². The predicted molar refractivity (Wildman–Crippen MR) is 67.0 cm³/mol. The van der Waals surface area contributed by atoms with E-state index in [1.807, 2.05) is 0 Å². The van der Waals surface area contributed by atoms with Crippen molar-refractivity contribution >= 4 is 0 Å². The minimum absolute atomic E-state index is 0.479. The van der Waals surface area contributed by atoms with Gasteiger partial charge in [0.15, 0.2) is 0 Å². The summed E-state index contributed by atoms with van der Waals surface area (Å²) in [6.45, 7) is 10.3. The van der Waals surface area contributed by atoms with Crippen molar-refractivity contribution in [3.8, 4) is 0 Å². The van der Waals surface area contributed by atoms with Gasteiger partial charge in [-0.1, -0.05) is 13.8 Å². The molecule has 0 aliphatic rings. The van der Waals surface area contributed by atoms with Gasteiger partial charge in [0.25, 0.3) is 0 Å². The molecule has 0 saturated heterocycles. The van der Waals surface area contributed by atoms with Gasteiger partial charge in [0.2, 0.25) is 0 Å². The highest BCUT2D eigenvalue weighted by Crippen LogP contribution is 1.91. The van der Waals surface area contributed by atoms with Crippen LogP contribution in [0.3, 0.4) is 0 Å². The maximum atomic E-state index is 8.91. The van der Waals surface area contributed by atoms with Crippen molar-refractivity contribution in [1.82, 2.24) is 5.32 Å². The summed E-state index contributed by atoms with van der Waals surface area (Å²) in [4.78, 5) is 0. The maximum Gasteiger partial charge on any atom is 0.102 e. The van der Waals surface area contributed by atoms with Gasteiger partial charge in [-0.15, -0.1) is 0 Å². The third kappa shape index (κ3) is 15.8. The zero-order valence-electron chi connectivity index (χ0n) is 11.3. The van der Waals surface area contributed by atoms with Crippen molar-refractivity contribution in [3.05, 3.63) is 0 Å². The van der Waals surface area contributed by atoms with Gasteiger partial charge < -0.3 is 19.3 Å². The number of ether oxygens (including phenoxy) is 3. The highest BCUT2D eigenvalue weighted by molar-refractivity contribution is 4.44. The van der Waals surface area contributed by atoms with Gasteiger partial charge in [0.05, 0.1) is 33.0 Å². The molecule has 0 bridgehead atoms. The van der Waals surface area contributed by atoms with Crippen LogP contribution in [-0.2, 0) is 14.2 Å². The van der Waals surface area contributed by atoms with Crippen molar-refractivity contribution in [2.24, 2.45) is 5.92 Å². The molecule has 1 atom stereocenters. The van der Waals surface area contributed by atoms with E-state index in [0.29, 0.717) is 45.5 Å². The van der Waals surface area contributed by atoms with Crippen molar-refractivity contribution in [1.29, 1.82) is 0 Å². The smallest absolute Gasteiger partial charge is 0.102 e. The molecule has 0 aromatic carbocycles. The third-order valence-corrected chi connectivity index (χ3v) is 1.88. The van der Waals surface area contributed by atoms with Crippen LogP contribution >= 0.6 is 0 Å². The van der Waals surface area contributed by atoms with E-state index in [1.54, 1.807) is 6.92 Å². The molecule has 1 unspecified atom stereocenters. The summed E-state index contributed by atoms with van der Waals surface area (Å²) in [5.41, 5.74) is 0. The Bertz CT molecular complexity index is 137. The van der Waals surface area contributed by atoms with Crippen molar-refractivity contribution in [2.45, 2.75) is 27.0 Å². The largest absolute Gasteiger partial charge is 0.379 e. The number of nitrogens with one attached hydrogen (secondary N) is 1. The fourth-order valence-electron chi connectivity index (χ4n) is 1.10. The summed E-state index contributed by atoms with van der Waals surface area (Å²) in [7, 11) is 0. The van der Waals surface area contributed by atoms with Crippen molar-refractivity contribution in [3.63, 3.8) is 0 Å². The molecule has 17 heavy (non-hydrogen) atoms. The van der Waals surface area contributed by atoms with Gasteiger partial charge in [-0.3, -0.25) is 5.32 Å². The molecule has 0 rings (SSSR count). The second-order valence-corrected chi connectivity index (χ2v) is 4.32. The molecule has 0 aliphatic carbocycles. The zero-order chi connectivity index (χ0) is 12.9. The first-order valence-electron chi connectivity index (χ1n) is 6.27. The molecular weight excluding hydrogens is 222 g/mol. The Kier molecular flexibility index (Phi) is 12.1. The molecule has 0 heterocycles. The molecule has 0 spiro atoms. The van der Waals surface area contributed by atoms with Crippen molar-refractivity contribution < 1.29 is 19.3 Å². The molecule has 104 valence electrons. The lowest BCUT2D eigenvalue weighted by Gasteiger charge is -2.09. The Morgan fingerprint density at radius 3 is 1.94 bits per heavy atom. The highest BCUT2D eigenvalue weighted by Gasteiger charge is 1.95. The van der Waals surface area contributed by atoms with Crippen LogP contribution < -0.4 is 5.32 Å². The Morgan fingerprint density at radius 2 is 1.41 bits per heavy atom. The molecule has 0 amide bonds. The maximum absolute atomic E-state index is 8.91. The molecule has 0 aromatic heterocycles. The molecule has 2 N–H and O–H groups in total. The van der Waals surface area contributed by atoms with E-state index < -0.39 is 6.23 Å². The average molecular weight is 249 g/mol. The minimum Gasteiger partial charge on any atom is -0.379 e. The molecule has 5 nitrogen and oxygen atoms in total. The van der Waals surface area contributed by atoms with E-state index in [2.05, 4.69) is 19.2 Å². The fourth-order valence-corrected chi connectivity index (χ4v) is 1.10. The molecule has 0 saturated carbocycles. The van der Waals surface area contributed by atoms with Crippen LogP contribution in [0.4, 0.5) is 0 Å². The Morgan fingerprint density at radius 1 is 0.882 bits per heavy atom. The monoisotopic (exact) mass is 249 g/mol. The summed E-state index contributed by atoms with van der Waals surface area (Å²) in [5, 5.41) is 11.8. The first-order valence-corrected chi connectivity index (χ1v) is 6.27. The van der Waals surface area contributed by atoms with E-state index in [9.17, 15) is 0 Å². The van der Waals surface area contributed by atoms with Crippen LogP contribution in [0.1, 0.15) is 20.8 Å². The van der Waals surface area contributed by atoms with Gasteiger partial charge in [0, 0.05) is 13.2 Å². The summed E-state index contributed by atoms with van der Waals surface area (Å²) in [6.07, 6.45) is -0.479. The third-order valence-electron chi connectivity index (χ3n) is 1.88. The van der Waals surface area contributed by atoms with Crippen LogP contribution in [0.5, 0.6) is 0 Å².